The smallest absolute Gasteiger partial charge is 0.360 e. The molecule has 27 heavy (non-hydrogen) atoms. The van der Waals surface area contributed by atoms with Crippen LogP contribution in [0.25, 0.3) is 0 Å². The van der Waals surface area contributed by atoms with Crippen LogP contribution in [-0.2, 0) is 25.8 Å². The molecule has 142 valence electrons. The SMILES string of the molecule is CO/N=C(/C(=O)OC)c1cccc(C)c1CO/N=C(\C)c1cccc(I)c1. The molecule has 0 spiro atoms. The van der Waals surface area contributed by atoms with Crippen molar-refractivity contribution in [1.29, 1.82) is 0 Å². The van der Waals surface area contributed by atoms with E-state index in [0.29, 0.717) is 5.56 Å². The largest absolute Gasteiger partial charge is 0.464 e. The summed E-state index contributed by atoms with van der Waals surface area (Å²) in [6.45, 7) is 4.00. The first-order chi connectivity index (χ1) is 13.0. The van der Waals surface area contributed by atoms with Gasteiger partial charge in [0.1, 0.15) is 13.7 Å². The van der Waals surface area contributed by atoms with Crippen LogP contribution in [0, 0.1) is 10.5 Å². The molecule has 2 rings (SSSR count). The molecule has 2 aromatic carbocycles. The van der Waals surface area contributed by atoms with Gasteiger partial charge in [-0.05, 0) is 54.1 Å². The van der Waals surface area contributed by atoms with Gasteiger partial charge in [-0.25, -0.2) is 4.79 Å². The van der Waals surface area contributed by atoms with E-state index in [4.69, 9.17) is 14.4 Å². The minimum atomic E-state index is -0.581. The highest BCUT2D eigenvalue weighted by Gasteiger charge is 2.20. The second-order valence-corrected chi connectivity index (χ2v) is 6.92. The van der Waals surface area contributed by atoms with E-state index in [9.17, 15) is 4.79 Å². The van der Waals surface area contributed by atoms with E-state index in [1.54, 1.807) is 6.07 Å². The highest BCUT2D eigenvalue weighted by atomic mass is 127. The van der Waals surface area contributed by atoms with Crippen molar-refractivity contribution in [2.24, 2.45) is 10.3 Å². The molecule has 0 atom stereocenters. The maximum atomic E-state index is 12.1. The van der Waals surface area contributed by atoms with Gasteiger partial charge in [0, 0.05) is 20.3 Å². The first-order valence-corrected chi connectivity index (χ1v) is 9.26. The summed E-state index contributed by atoms with van der Waals surface area (Å²) in [7, 11) is 2.68. The Balaban J connectivity index is 2.27. The average molecular weight is 480 g/mol. The number of oxime groups is 2. The fourth-order valence-electron chi connectivity index (χ4n) is 2.46. The molecule has 0 amide bonds. The maximum absolute atomic E-state index is 12.1. The number of benzene rings is 2. The molecular weight excluding hydrogens is 459 g/mol. The van der Waals surface area contributed by atoms with Gasteiger partial charge in [-0.1, -0.05) is 40.6 Å². The van der Waals surface area contributed by atoms with Gasteiger partial charge in [-0.2, -0.15) is 0 Å². The standard InChI is InChI=1S/C20H21IN2O4/c1-13-7-5-10-17(19(23-26-4)20(24)25-3)18(13)12-27-22-14(2)15-8-6-9-16(21)11-15/h5-11H,12H2,1-4H3/b22-14+,23-19+. The monoisotopic (exact) mass is 480 g/mol. The number of hydrogen-bond acceptors (Lipinski definition) is 6. The molecule has 0 heterocycles. The lowest BCUT2D eigenvalue weighted by atomic mass is 9.99. The molecular formula is C20H21IN2O4. The van der Waals surface area contributed by atoms with Crippen LogP contribution in [-0.4, -0.2) is 31.6 Å². The van der Waals surface area contributed by atoms with Crippen LogP contribution >= 0.6 is 22.6 Å². The van der Waals surface area contributed by atoms with Crippen molar-refractivity contribution < 1.29 is 19.2 Å². The third kappa shape index (κ3) is 5.53. The lowest BCUT2D eigenvalue weighted by Gasteiger charge is -2.12. The second-order valence-electron chi connectivity index (χ2n) is 5.68. The van der Waals surface area contributed by atoms with Crippen molar-refractivity contribution in [2.45, 2.75) is 20.5 Å². The number of rotatable bonds is 7. The number of carbonyl (C=O) groups excluding carboxylic acids is 1. The number of ether oxygens (including phenoxy) is 1. The zero-order valence-electron chi connectivity index (χ0n) is 15.7. The van der Waals surface area contributed by atoms with Gasteiger partial charge in [0.2, 0.25) is 0 Å². The van der Waals surface area contributed by atoms with Gasteiger partial charge >= 0.3 is 5.97 Å². The molecule has 0 saturated heterocycles. The van der Waals surface area contributed by atoms with Crippen molar-refractivity contribution >= 4 is 40.0 Å². The van der Waals surface area contributed by atoms with E-state index < -0.39 is 5.97 Å². The Labute approximate surface area is 172 Å². The summed E-state index contributed by atoms with van der Waals surface area (Å²) in [6, 6.07) is 13.5. The van der Waals surface area contributed by atoms with Crippen LogP contribution in [0.2, 0.25) is 0 Å². The molecule has 0 N–H and O–H groups in total. The van der Waals surface area contributed by atoms with Crippen LogP contribution in [0.3, 0.4) is 0 Å². The summed E-state index contributed by atoms with van der Waals surface area (Å²) in [5.41, 5.74) is 4.16. The zero-order chi connectivity index (χ0) is 19.8. The fraction of sp³-hybridized carbons (Fsp3) is 0.250. The Morgan fingerprint density at radius 2 is 1.85 bits per heavy atom. The van der Waals surface area contributed by atoms with Crippen LogP contribution < -0.4 is 0 Å². The Morgan fingerprint density at radius 3 is 2.52 bits per heavy atom. The van der Waals surface area contributed by atoms with E-state index in [1.165, 1.54) is 14.2 Å². The Bertz CT molecular complexity index is 878. The molecule has 0 unspecified atom stereocenters. The summed E-state index contributed by atoms with van der Waals surface area (Å²) in [5.74, 6) is -0.581. The molecule has 2 aromatic rings. The molecule has 0 aromatic heterocycles. The van der Waals surface area contributed by atoms with E-state index >= 15 is 0 Å². The molecule has 0 aliphatic carbocycles. The number of nitrogens with zero attached hydrogens (tertiary/aromatic N) is 2. The maximum Gasteiger partial charge on any atom is 0.360 e. The first kappa shape index (κ1) is 20.9. The summed E-state index contributed by atoms with van der Waals surface area (Å²) in [4.78, 5) is 22.4. The van der Waals surface area contributed by atoms with Crippen molar-refractivity contribution in [3.63, 3.8) is 0 Å². The van der Waals surface area contributed by atoms with Crippen molar-refractivity contribution in [3.05, 3.63) is 68.3 Å². The van der Waals surface area contributed by atoms with Crippen molar-refractivity contribution in [3.8, 4) is 0 Å². The van der Waals surface area contributed by atoms with E-state index in [2.05, 4.69) is 32.9 Å². The Hall–Kier alpha value is -2.42. The second kappa shape index (κ2) is 10.1. The van der Waals surface area contributed by atoms with Gasteiger partial charge in [-0.15, -0.1) is 0 Å². The lowest BCUT2D eigenvalue weighted by molar-refractivity contribution is -0.132. The normalized spacial score (nSPS) is 11.9. The van der Waals surface area contributed by atoms with Crippen LogP contribution in [0.4, 0.5) is 0 Å². The van der Waals surface area contributed by atoms with Gasteiger partial charge in [-0.3, -0.25) is 0 Å². The molecule has 0 aliphatic heterocycles. The predicted molar refractivity (Wildman–Crippen MR) is 113 cm³/mol. The number of carbonyl (C=O) groups is 1. The van der Waals surface area contributed by atoms with E-state index in [-0.39, 0.29) is 12.3 Å². The highest BCUT2D eigenvalue weighted by Crippen LogP contribution is 2.18. The molecule has 0 bridgehead atoms. The summed E-state index contributed by atoms with van der Waals surface area (Å²) in [5, 5.41) is 8.03. The Morgan fingerprint density at radius 1 is 1.11 bits per heavy atom. The number of halogens is 1. The number of aryl methyl sites for hydroxylation is 1. The Kier molecular flexibility index (Phi) is 7.78. The van der Waals surface area contributed by atoms with E-state index in [0.717, 1.165) is 26.0 Å². The fourth-order valence-corrected chi connectivity index (χ4v) is 3.00. The van der Waals surface area contributed by atoms with E-state index in [1.807, 2.05) is 50.2 Å². The topological polar surface area (TPSA) is 69.5 Å². The number of methoxy groups -OCH3 is 1. The third-order valence-corrected chi connectivity index (χ3v) is 4.55. The lowest BCUT2D eigenvalue weighted by Crippen LogP contribution is -2.20. The van der Waals surface area contributed by atoms with Crippen molar-refractivity contribution in [1.82, 2.24) is 0 Å². The van der Waals surface area contributed by atoms with Gasteiger partial charge < -0.3 is 14.4 Å². The molecule has 0 radical (unpaired) electrons. The molecule has 0 saturated carbocycles. The van der Waals surface area contributed by atoms with Crippen LogP contribution in [0.15, 0.2) is 52.8 Å². The minimum Gasteiger partial charge on any atom is -0.464 e. The van der Waals surface area contributed by atoms with Crippen molar-refractivity contribution in [2.75, 3.05) is 14.2 Å². The molecule has 0 fully saturated rings. The molecule has 0 aliphatic rings. The van der Waals surface area contributed by atoms with Gasteiger partial charge in [0.25, 0.3) is 0 Å². The van der Waals surface area contributed by atoms with Gasteiger partial charge in [0.15, 0.2) is 5.71 Å². The summed E-state index contributed by atoms with van der Waals surface area (Å²) >= 11 is 2.25. The van der Waals surface area contributed by atoms with Crippen LogP contribution in [0.1, 0.15) is 29.2 Å². The summed E-state index contributed by atoms with van der Waals surface area (Å²) in [6.07, 6.45) is 0. The minimum absolute atomic E-state index is 0.0839. The average Bonchev–Trinajstić information content (AvgIpc) is 2.66. The zero-order valence-corrected chi connectivity index (χ0v) is 17.8. The number of esters is 1. The predicted octanol–water partition coefficient (Wildman–Crippen LogP) is 4.06. The summed E-state index contributed by atoms with van der Waals surface area (Å²) < 4.78 is 5.93. The number of hydrogen-bond donors (Lipinski definition) is 0. The van der Waals surface area contributed by atoms with Crippen LogP contribution in [0.5, 0.6) is 0 Å². The molecule has 6 nitrogen and oxygen atoms in total. The first-order valence-electron chi connectivity index (χ1n) is 8.18. The highest BCUT2D eigenvalue weighted by molar-refractivity contribution is 14.1. The quantitative estimate of drug-likeness (QED) is 0.260. The molecule has 7 heteroatoms. The van der Waals surface area contributed by atoms with Gasteiger partial charge in [0.05, 0.1) is 12.8 Å². The third-order valence-electron chi connectivity index (χ3n) is 3.88.